The number of hydrogen-bond donors (Lipinski definition) is 2. The summed E-state index contributed by atoms with van der Waals surface area (Å²) in [6.45, 7) is 21.1. The van der Waals surface area contributed by atoms with Gasteiger partial charge in [-0.25, -0.2) is 0 Å². The van der Waals surface area contributed by atoms with Gasteiger partial charge < -0.3 is 34.5 Å². The number of anilines is 2. The van der Waals surface area contributed by atoms with Crippen LogP contribution in [-0.4, -0.2) is 85.9 Å². The molecule has 3 aromatic rings. The predicted octanol–water partition coefficient (Wildman–Crippen LogP) is 5.78. The van der Waals surface area contributed by atoms with Crippen LogP contribution in [0.1, 0.15) is 45.2 Å². The second-order valence-corrected chi connectivity index (χ2v) is 11.1. The number of nitrogens with one attached hydrogen (secondary N) is 2. The van der Waals surface area contributed by atoms with E-state index in [0.717, 1.165) is 92.8 Å². The molecule has 4 heterocycles. The van der Waals surface area contributed by atoms with Gasteiger partial charge >= 0.3 is 0 Å². The van der Waals surface area contributed by atoms with E-state index in [2.05, 4.69) is 82.5 Å². The fourth-order valence-corrected chi connectivity index (χ4v) is 5.44. The highest BCUT2D eigenvalue weighted by Crippen LogP contribution is 2.32. The number of aromatic nitrogens is 2. The number of nitrogens with zero attached hydrogens (tertiary/aromatic N) is 4. The molecule has 0 amide bonds. The Morgan fingerprint density at radius 2 is 1.75 bits per heavy atom. The molecule has 0 unspecified atom stereocenters. The average Bonchev–Trinajstić information content (AvgIpc) is 3.06. The Labute approximate surface area is 262 Å². The van der Waals surface area contributed by atoms with Gasteiger partial charge in [-0.1, -0.05) is 33.8 Å². The zero-order chi connectivity index (χ0) is 31.5. The van der Waals surface area contributed by atoms with E-state index in [0.29, 0.717) is 17.0 Å². The number of morpholine rings is 1. The Kier molecular flexibility index (Phi) is 12.0. The van der Waals surface area contributed by atoms with Gasteiger partial charge in [-0.3, -0.25) is 9.78 Å². The summed E-state index contributed by atoms with van der Waals surface area (Å²) < 4.78 is 10.9. The van der Waals surface area contributed by atoms with Crippen LogP contribution in [0.3, 0.4) is 0 Å². The van der Waals surface area contributed by atoms with Gasteiger partial charge in [0.1, 0.15) is 5.75 Å². The lowest BCUT2D eigenvalue weighted by atomic mass is 9.96. The van der Waals surface area contributed by atoms with Crippen molar-refractivity contribution >= 4 is 23.1 Å². The first-order valence-corrected chi connectivity index (χ1v) is 15.7. The van der Waals surface area contributed by atoms with Crippen LogP contribution >= 0.6 is 0 Å². The molecule has 9 heteroatoms. The number of ether oxygens (including phenoxy) is 2. The summed E-state index contributed by atoms with van der Waals surface area (Å²) in [5, 5.41) is 3.39. The quantitative estimate of drug-likeness (QED) is 0.320. The minimum Gasteiger partial charge on any atom is -0.495 e. The second-order valence-electron chi connectivity index (χ2n) is 11.1. The molecule has 2 saturated heterocycles. The Balaban J connectivity index is 0.00000141. The molecule has 9 nitrogen and oxygen atoms in total. The first-order chi connectivity index (χ1) is 21.4. The highest BCUT2D eigenvalue weighted by molar-refractivity contribution is 5.87. The standard InChI is InChI=1S/C32H40N6O3.C3H8/c1-5-36-10-12-37(13-11-36)23(2)18-29-30(25-19-28(40-4)21-33-20-25)22-34-32(39)31(29)24(3)35-26-6-8-27(9-7-26)38-14-16-41-17-15-38;1-3-2/h6-9,18-22,35H,3,5,10-17H2,1-2,4H3,(H,34,39);3H2,1-2H3/b23-18+;. The number of piperazine rings is 1. The molecular formula is C35H48N6O3. The zero-order valence-electron chi connectivity index (χ0n) is 27.0. The molecule has 0 radical (unpaired) electrons. The van der Waals surface area contributed by atoms with Crippen molar-refractivity contribution in [3.05, 3.63) is 82.7 Å². The summed E-state index contributed by atoms with van der Waals surface area (Å²) >= 11 is 0. The molecule has 2 aliphatic heterocycles. The SMILES string of the molecule is C=C(Nc1ccc(N2CCOCC2)cc1)c1c(/C=C(\C)N2CCN(CC)CC2)c(-c2cncc(OC)c2)c[nH]c1=O.CCC. The Morgan fingerprint density at radius 3 is 2.39 bits per heavy atom. The van der Waals surface area contributed by atoms with Crippen molar-refractivity contribution in [1.29, 1.82) is 0 Å². The minimum atomic E-state index is -0.207. The van der Waals surface area contributed by atoms with Crippen molar-refractivity contribution in [2.75, 3.05) is 76.4 Å². The van der Waals surface area contributed by atoms with Gasteiger partial charge in [0.15, 0.2) is 0 Å². The fourth-order valence-electron chi connectivity index (χ4n) is 5.44. The number of rotatable bonds is 9. The van der Waals surface area contributed by atoms with E-state index in [4.69, 9.17) is 9.47 Å². The Hall–Kier alpha value is -4.08. The van der Waals surface area contributed by atoms with Crippen LogP contribution in [0.15, 0.2) is 66.0 Å². The van der Waals surface area contributed by atoms with E-state index in [1.807, 2.05) is 18.2 Å². The Morgan fingerprint density at radius 1 is 1.07 bits per heavy atom. The van der Waals surface area contributed by atoms with Crippen molar-refractivity contribution < 1.29 is 9.47 Å². The van der Waals surface area contributed by atoms with Crippen LogP contribution in [-0.2, 0) is 4.74 Å². The van der Waals surface area contributed by atoms with Gasteiger partial charge in [0.2, 0.25) is 0 Å². The summed E-state index contributed by atoms with van der Waals surface area (Å²) in [6, 6.07) is 10.1. The van der Waals surface area contributed by atoms with E-state index in [1.165, 1.54) is 6.42 Å². The maximum atomic E-state index is 13.4. The molecule has 0 atom stereocenters. The molecule has 0 bridgehead atoms. The number of hydrogen-bond acceptors (Lipinski definition) is 8. The fraction of sp³-hybridized carbons (Fsp3) is 0.429. The van der Waals surface area contributed by atoms with Crippen LogP contribution in [0.5, 0.6) is 5.75 Å². The highest BCUT2D eigenvalue weighted by atomic mass is 16.5. The lowest BCUT2D eigenvalue weighted by Crippen LogP contribution is -2.45. The molecule has 2 aromatic heterocycles. The molecule has 0 spiro atoms. The number of methoxy groups -OCH3 is 1. The normalized spacial score (nSPS) is 15.8. The van der Waals surface area contributed by atoms with Gasteiger partial charge in [-0.15, -0.1) is 0 Å². The van der Waals surface area contributed by atoms with Crippen LogP contribution in [0.4, 0.5) is 11.4 Å². The maximum Gasteiger partial charge on any atom is 0.257 e. The third-order valence-electron chi connectivity index (χ3n) is 7.91. The third kappa shape index (κ3) is 8.30. The molecule has 5 rings (SSSR count). The lowest BCUT2D eigenvalue weighted by molar-refractivity contribution is 0.122. The van der Waals surface area contributed by atoms with Crippen molar-refractivity contribution in [1.82, 2.24) is 19.8 Å². The van der Waals surface area contributed by atoms with E-state index in [9.17, 15) is 4.79 Å². The monoisotopic (exact) mass is 600 g/mol. The van der Waals surface area contributed by atoms with Crippen molar-refractivity contribution in [3.8, 4) is 16.9 Å². The van der Waals surface area contributed by atoms with E-state index in [-0.39, 0.29) is 5.56 Å². The van der Waals surface area contributed by atoms with Crippen LogP contribution in [0, 0.1) is 0 Å². The van der Waals surface area contributed by atoms with Crippen molar-refractivity contribution in [2.24, 2.45) is 0 Å². The lowest BCUT2D eigenvalue weighted by Gasteiger charge is -2.36. The van der Waals surface area contributed by atoms with Crippen LogP contribution in [0.2, 0.25) is 0 Å². The molecule has 2 fully saturated rings. The molecule has 236 valence electrons. The molecule has 0 saturated carbocycles. The summed E-state index contributed by atoms with van der Waals surface area (Å²) in [4.78, 5) is 27.9. The summed E-state index contributed by atoms with van der Waals surface area (Å²) in [6.07, 6.45) is 8.56. The first-order valence-electron chi connectivity index (χ1n) is 15.7. The number of allylic oxidation sites excluding steroid dienone is 1. The number of likely N-dealkylation sites (N-methyl/N-ethyl adjacent to an activating group) is 1. The van der Waals surface area contributed by atoms with Gasteiger partial charge in [0.25, 0.3) is 5.56 Å². The van der Waals surface area contributed by atoms with Crippen molar-refractivity contribution in [3.63, 3.8) is 0 Å². The molecule has 0 aliphatic carbocycles. The average molecular weight is 601 g/mol. The van der Waals surface area contributed by atoms with Gasteiger partial charge in [-0.05, 0) is 49.9 Å². The topological polar surface area (TPSA) is 86.0 Å². The third-order valence-corrected chi connectivity index (χ3v) is 7.91. The molecule has 1 aromatic carbocycles. The van der Waals surface area contributed by atoms with E-state index in [1.54, 1.807) is 25.7 Å². The zero-order valence-corrected chi connectivity index (χ0v) is 27.0. The first kappa shape index (κ1) is 32.8. The van der Waals surface area contributed by atoms with Gasteiger partial charge in [0.05, 0.1) is 32.1 Å². The van der Waals surface area contributed by atoms with E-state index < -0.39 is 0 Å². The maximum absolute atomic E-state index is 13.4. The number of pyridine rings is 2. The van der Waals surface area contributed by atoms with Crippen LogP contribution < -0.4 is 20.5 Å². The molecule has 2 aliphatic rings. The molecule has 44 heavy (non-hydrogen) atoms. The summed E-state index contributed by atoms with van der Waals surface area (Å²) in [7, 11) is 1.62. The van der Waals surface area contributed by atoms with Crippen molar-refractivity contribution in [2.45, 2.75) is 34.1 Å². The second kappa shape index (κ2) is 16.1. The molecular weight excluding hydrogens is 552 g/mol. The predicted molar refractivity (Wildman–Crippen MR) is 182 cm³/mol. The van der Waals surface area contributed by atoms with Crippen LogP contribution in [0.25, 0.3) is 22.9 Å². The smallest absolute Gasteiger partial charge is 0.257 e. The number of H-pyrrole nitrogens is 1. The number of aromatic amines is 1. The van der Waals surface area contributed by atoms with Gasteiger partial charge in [-0.2, -0.15) is 0 Å². The number of benzene rings is 1. The summed E-state index contributed by atoms with van der Waals surface area (Å²) in [5.74, 6) is 0.648. The highest BCUT2D eigenvalue weighted by Gasteiger charge is 2.20. The minimum absolute atomic E-state index is 0.207. The van der Waals surface area contributed by atoms with Gasteiger partial charge in [0, 0.05) is 91.1 Å². The summed E-state index contributed by atoms with van der Waals surface area (Å²) in [5.41, 5.74) is 6.42. The van der Waals surface area contributed by atoms with E-state index >= 15 is 0 Å². The molecule has 2 N–H and O–H groups in total. The largest absolute Gasteiger partial charge is 0.495 e. The Bertz CT molecular complexity index is 1450.